The second-order valence-corrected chi connectivity index (χ2v) is 6.53. The highest BCUT2D eigenvalue weighted by molar-refractivity contribution is 9.10. The molecule has 5 heteroatoms. The summed E-state index contributed by atoms with van der Waals surface area (Å²) in [6.45, 7) is 4.11. The molecule has 0 N–H and O–H groups in total. The van der Waals surface area contributed by atoms with Crippen LogP contribution in [-0.2, 0) is 13.0 Å². The molecule has 118 valence electrons. The quantitative estimate of drug-likeness (QED) is 0.790. The van der Waals surface area contributed by atoms with E-state index in [1.807, 2.05) is 6.07 Å². The SMILES string of the molecule is CCc1cc(C2CCCN2Cc2ccc(OC)c(Br)c2)on1. The summed E-state index contributed by atoms with van der Waals surface area (Å²) in [5, 5.41) is 4.13. The third-order valence-corrected chi connectivity index (χ3v) is 4.85. The van der Waals surface area contributed by atoms with E-state index in [0.717, 1.165) is 47.6 Å². The molecule has 1 aromatic heterocycles. The molecular weight excluding hydrogens is 344 g/mol. The van der Waals surface area contributed by atoms with Crippen LogP contribution in [0.4, 0.5) is 0 Å². The van der Waals surface area contributed by atoms with Gasteiger partial charge in [0, 0.05) is 12.6 Å². The van der Waals surface area contributed by atoms with Gasteiger partial charge in [0.25, 0.3) is 0 Å². The first-order valence-electron chi connectivity index (χ1n) is 7.73. The summed E-state index contributed by atoms with van der Waals surface area (Å²) >= 11 is 3.56. The van der Waals surface area contributed by atoms with E-state index in [-0.39, 0.29) is 0 Å². The molecule has 1 atom stereocenters. The zero-order chi connectivity index (χ0) is 15.5. The van der Waals surface area contributed by atoms with E-state index in [0.29, 0.717) is 6.04 Å². The van der Waals surface area contributed by atoms with Gasteiger partial charge in [-0.25, -0.2) is 0 Å². The Balaban J connectivity index is 1.74. The molecule has 2 aromatic rings. The maximum Gasteiger partial charge on any atom is 0.154 e. The van der Waals surface area contributed by atoms with E-state index in [4.69, 9.17) is 9.26 Å². The molecule has 2 heterocycles. The summed E-state index contributed by atoms with van der Waals surface area (Å²) < 4.78 is 11.8. The lowest BCUT2D eigenvalue weighted by atomic mass is 10.1. The first-order valence-corrected chi connectivity index (χ1v) is 8.52. The van der Waals surface area contributed by atoms with Gasteiger partial charge in [-0.2, -0.15) is 0 Å². The largest absolute Gasteiger partial charge is 0.496 e. The number of rotatable bonds is 5. The number of likely N-dealkylation sites (tertiary alicyclic amines) is 1. The molecule has 22 heavy (non-hydrogen) atoms. The third-order valence-electron chi connectivity index (χ3n) is 4.23. The monoisotopic (exact) mass is 364 g/mol. The van der Waals surface area contributed by atoms with Gasteiger partial charge >= 0.3 is 0 Å². The van der Waals surface area contributed by atoms with Crippen LogP contribution in [0, 0.1) is 0 Å². The van der Waals surface area contributed by atoms with E-state index in [1.54, 1.807) is 7.11 Å². The third kappa shape index (κ3) is 3.20. The van der Waals surface area contributed by atoms with E-state index < -0.39 is 0 Å². The van der Waals surface area contributed by atoms with Crippen LogP contribution in [0.1, 0.15) is 42.8 Å². The molecule has 1 fully saturated rings. The van der Waals surface area contributed by atoms with Gasteiger partial charge in [-0.05, 0) is 59.4 Å². The normalized spacial score (nSPS) is 18.8. The van der Waals surface area contributed by atoms with Crippen LogP contribution >= 0.6 is 15.9 Å². The zero-order valence-corrected chi connectivity index (χ0v) is 14.6. The van der Waals surface area contributed by atoms with Gasteiger partial charge in [0.1, 0.15) is 5.75 Å². The molecule has 1 aliphatic heterocycles. The fourth-order valence-corrected chi connectivity index (χ4v) is 3.62. The Morgan fingerprint density at radius 3 is 2.95 bits per heavy atom. The van der Waals surface area contributed by atoms with E-state index in [1.165, 1.54) is 12.0 Å². The molecular formula is C17H21BrN2O2. The summed E-state index contributed by atoms with van der Waals surface area (Å²) in [6.07, 6.45) is 3.25. The van der Waals surface area contributed by atoms with Crippen molar-refractivity contribution in [3.8, 4) is 5.75 Å². The Morgan fingerprint density at radius 1 is 1.41 bits per heavy atom. The number of halogens is 1. The lowest BCUT2D eigenvalue weighted by molar-refractivity contribution is 0.206. The minimum absolute atomic E-state index is 0.341. The Labute approximate surface area is 139 Å². The number of nitrogens with zero attached hydrogens (tertiary/aromatic N) is 2. The minimum atomic E-state index is 0.341. The maximum atomic E-state index is 5.55. The van der Waals surface area contributed by atoms with Crippen molar-refractivity contribution in [1.82, 2.24) is 10.1 Å². The number of hydrogen-bond donors (Lipinski definition) is 0. The van der Waals surface area contributed by atoms with Crippen molar-refractivity contribution >= 4 is 15.9 Å². The second-order valence-electron chi connectivity index (χ2n) is 5.67. The van der Waals surface area contributed by atoms with Crippen LogP contribution in [0.5, 0.6) is 5.75 Å². The van der Waals surface area contributed by atoms with Gasteiger partial charge in [-0.3, -0.25) is 4.90 Å². The number of aromatic nitrogens is 1. The molecule has 0 bridgehead atoms. The lowest BCUT2D eigenvalue weighted by Gasteiger charge is -2.22. The maximum absolute atomic E-state index is 5.55. The van der Waals surface area contributed by atoms with E-state index >= 15 is 0 Å². The molecule has 0 aliphatic carbocycles. The summed E-state index contributed by atoms with van der Waals surface area (Å²) in [5.74, 6) is 1.87. The van der Waals surface area contributed by atoms with Gasteiger partial charge in [0.05, 0.1) is 23.3 Å². The lowest BCUT2D eigenvalue weighted by Crippen LogP contribution is -2.22. The molecule has 1 saturated heterocycles. The highest BCUT2D eigenvalue weighted by Gasteiger charge is 2.29. The summed E-state index contributed by atoms with van der Waals surface area (Å²) in [5.41, 5.74) is 2.31. The average Bonchev–Trinajstić information content (AvgIpc) is 3.15. The first-order chi connectivity index (χ1) is 10.7. The van der Waals surface area contributed by atoms with E-state index in [2.05, 4.69) is 51.1 Å². The molecule has 1 aliphatic rings. The summed E-state index contributed by atoms with van der Waals surface area (Å²) in [7, 11) is 1.69. The number of benzene rings is 1. The summed E-state index contributed by atoms with van der Waals surface area (Å²) in [4.78, 5) is 2.47. The van der Waals surface area contributed by atoms with Crippen LogP contribution in [-0.4, -0.2) is 23.7 Å². The zero-order valence-electron chi connectivity index (χ0n) is 13.0. The number of hydrogen-bond acceptors (Lipinski definition) is 4. The van der Waals surface area contributed by atoms with Crippen LogP contribution < -0.4 is 4.74 Å². The van der Waals surface area contributed by atoms with Crippen molar-refractivity contribution in [2.24, 2.45) is 0 Å². The van der Waals surface area contributed by atoms with Crippen molar-refractivity contribution in [1.29, 1.82) is 0 Å². The van der Waals surface area contributed by atoms with Gasteiger partial charge in [0.15, 0.2) is 5.76 Å². The number of methoxy groups -OCH3 is 1. The molecule has 4 nitrogen and oxygen atoms in total. The van der Waals surface area contributed by atoms with Crippen molar-refractivity contribution in [2.75, 3.05) is 13.7 Å². The van der Waals surface area contributed by atoms with Crippen molar-refractivity contribution in [2.45, 2.75) is 38.8 Å². The smallest absolute Gasteiger partial charge is 0.154 e. The molecule has 3 rings (SSSR count). The van der Waals surface area contributed by atoms with Crippen LogP contribution in [0.2, 0.25) is 0 Å². The predicted molar refractivity (Wildman–Crippen MR) is 89.0 cm³/mol. The topological polar surface area (TPSA) is 38.5 Å². The summed E-state index contributed by atoms with van der Waals surface area (Å²) in [6, 6.07) is 8.71. The van der Waals surface area contributed by atoms with Crippen LogP contribution in [0.25, 0.3) is 0 Å². The van der Waals surface area contributed by atoms with Crippen molar-refractivity contribution < 1.29 is 9.26 Å². The van der Waals surface area contributed by atoms with Gasteiger partial charge in [-0.15, -0.1) is 0 Å². The van der Waals surface area contributed by atoms with Crippen LogP contribution in [0.15, 0.2) is 33.3 Å². The molecule has 1 aromatic carbocycles. The highest BCUT2D eigenvalue weighted by atomic mass is 79.9. The molecule has 0 spiro atoms. The molecule has 0 saturated carbocycles. The van der Waals surface area contributed by atoms with Gasteiger partial charge in [0.2, 0.25) is 0 Å². The molecule has 1 unspecified atom stereocenters. The van der Waals surface area contributed by atoms with Gasteiger partial charge < -0.3 is 9.26 Å². The number of aryl methyl sites for hydroxylation is 1. The Kier molecular flexibility index (Phi) is 4.84. The fourth-order valence-electron chi connectivity index (χ4n) is 3.03. The predicted octanol–water partition coefficient (Wildman–Crippen LogP) is 4.35. The second kappa shape index (κ2) is 6.84. The standard InChI is InChI=1S/C17H21BrN2O2/c1-3-13-10-17(22-19-13)15-5-4-8-20(15)11-12-6-7-16(21-2)14(18)9-12/h6-7,9-10,15H,3-5,8,11H2,1-2H3. The number of ether oxygens (including phenoxy) is 1. The van der Waals surface area contributed by atoms with Gasteiger partial charge in [-0.1, -0.05) is 18.1 Å². The Hall–Kier alpha value is -1.33. The van der Waals surface area contributed by atoms with Crippen molar-refractivity contribution in [3.05, 3.63) is 45.8 Å². The van der Waals surface area contributed by atoms with Crippen LogP contribution in [0.3, 0.4) is 0 Å². The van der Waals surface area contributed by atoms with E-state index in [9.17, 15) is 0 Å². The Morgan fingerprint density at radius 2 is 2.27 bits per heavy atom. The molecule has 0 radical (unpaired) electrons. The average molecular weight is 365 g/mol. The van der Waals surface area contributed by atoms with Crippen molar-refractivity contribution in [3.63, 3.8) is 0 Å². The Bertz CT molecular complexity index is 641. The first kappa shape index (κ1) is 15.6. The highest BCUT2D eigenvalue weighted by Crippen LogP contribution is 2.34. The minimum Gasteiger partial charge on any atom is -0.496 e. The fraction of sp³-hybridized carbons (Fsp3) is 0.471. The molecule has 0 amide bonds.